The summed E-state index contributed by atoms with van der Waals surface area (Å²) in [7, 11) is 1.68. The molecule has 1 aliphatic rings. The fourth-order valence-electron chi connectivity index (χ4n) is 2.15. The van der Waals surface area contributed by atoms with Crippen molar-refractivity contribution >= 4 is 5.69 Å². The van der Waals surface area contributed by atoms with Crippen molar-refractivity contribution in [2.75, 3.05) is 19.0 Å². The minimum atomic E-state index is 0.162. The van der Waals surface area contributed by atoms with Crippen molar-refractivity contribution in [2.45, 2.75) is 6.04 Å². The fourth-order valence-corrected chi connectivity index (χ4v) is 2.15. The van der Waals surface area contributed by atoms with E-state index in [-0.39, 0.29) is 6.04 Å². The van der Waals surface area contributed by atoms with Crippen LogP contribution in [0.15, 0.2) is 48.5 Å². The van der Waals surface area contributed by atoms with Crippen molar-refractivity contribution in [2.24, 2.45) is 0 Å². The van der Waals surface area contributed by atoms with Gasteiger partial charge in [0.2, 0.25) is 0 Å². The number of benzene rings is 2. The summed E-state index contributed by atoms with van der Waals surface area (Å²) in [6, 6.07) is 16.2. The van der Waals surface area contributed by atoms with Crippen LogP contribution < -0.4 is 14.8 Å². The Morgan fingerprint density at radius 2 is 2.06 bits per heavy atom. The third kappa shape index (κ3) is 1.99. The molecule has 0 amide bonds. The zero-order valence-corrected chi connectivity index (χ0v) is 10.2. The second-order valence-electron chi connectivity index (χ2n) is 4.28. The molecule has 2 aromatic rings. The standard InChI is InChI=1S/C15H15NO2/c1-17-12-6-4-5-11(9-12)14-10-18-15-8-3-2-7-13(15)16-14/h2-9,14,16H,10H2,1H3/t14-/m0/s1. The Labute approximate surface area is 106 Å². The molecule has 1 atom stereocenters. The van der Waals surface area contributed by atoms with E-state index in [1.165, 1.54) is 5.56 Å². The molecular formula is C15H15NO2. The van der Waals surface area contributed by atoms with Gasteiger partial charge >= 0.3 is 0 Å². The third-order valence-corrected chi connectivity index (χ3v) is 3.12. The van der Waals surface area contributed by atoms with Crippen LogP contribution in [0.3, 0.4) is 0 Å². The SMILES string of the molecule is COc1cccc([C@@H]2COc3ccccc3N2)c1. The van der Waals surface area contributed by atoms with Crippen LogP contribution in [0.5, 0.6) is 11.5 Å². The Balaban J connectivity index is 1.87. The molecule has 92 valence electrons. The molecule has 1 heterocycles. The Hall–Kier alpha value is -2.16. The molecule has 3 heteroatoms. The lowest BCUT2D eigenvalue weighted by molar-refractivity contribution is 0.286. The van der Waals surface area contributed by atoms with E-state index in [0.29, 0.717) is 6.61 Å². The number of fused-ring (bicyclic) bond motifs is 1. The Kier molecular flexibility index (Phi) is 2.81. The molecule has 0 bridgehead atoms. The topological polar surface area (TPSA) is 30.5 Å². The van der Waals surface area contributed by atoms with E-state index in [9.17, 15) is 0 Å². The van der Waals surface area contributed by atoms with Gasteiger partial charge in [-0.2, -0.15) is 0 Å². The summed E-state index contributed by atoms with van der Waals surface area (Å²) in [5.41, 5.74) is 2.21. The van der Waals surface area contributed by atoms with Crippen LogP contribution in [-0.4, -0.2) is 13.7 Å². The Morgan fingerprint density at radius 1 is 1.17 bits per heavy atom. The molecule has 0 aliphatic carbocycles. The Morgan fingerprint density at radius 3 is 2.94 bits per heavy atom. The number of ether oxygens (including phenoxy) is 2. The number of anilines is 1. The molecule has 0 saturated carbocycles. The highest BCUT2D eigenvalue weighted by Crippen LogP contribution is 2.33. The molecule has 0 spiro atoms. The van der Waals surface area contributed by atoms with E-state index < -0.39 is 0 Å². The molecule has 3 nitrogen and oxygen atoms in total. The molecule has 1 aliphatic heterocycles. The molecule has 0 fully saturated rings. The number of hydrogen-bond donors (Lipinski definition) is 1. The summed E-state index contributed by atoms with van der Waals surface area (Å²) < 4.78 is 11.0. The number of rotatable bonds is 2. The van der Waals surface area contributed by atoms with Crippen LogP contribution in [-0.2, 0) is 0 Å². The maximum absolute atomic E-state index is 5.76. The predicted molar refractivity (Wildman–Crippen MR) is 71.3 cm³/mol. The van der Waals surface area contributed by atoms with Crippen LogP contribution in [0.25, 0.3) is 0 Å². The van der Waals surface area contributed by atoms with Gasteiger partial charge in [0.1, 0.15) is 18.1 Å². The van der Waals surface area contributed by atoms with E-state index in [1.54, 1.807) is 7.11 Å². The average molecular weight is 241 g/mol. The normalized spacial score (nSPS) is 17.3. The number of hydrogen-bond acceptors (Lipinski definition) is 3. The average Bonchev–Trinajstić information content (AvgIpc) is 2.47. The van der Waals surface area contributed by atoms with Crippen molar-refractivity contribution < 1.29 is 9.47 Å². The van der Waals surface area contributed by atoms with Crippen molar-refractivity contribution in [1.29, 1.82) is 0 Å². The second-order valence-corrected chi connectivity index (χ2v) is 4.28. The van der Waals surface area contributed by atoms with Gasteiger partial charge in [0.05, 0.1) is 18.8 Å². The first kappa shape index (κ1) is 11.0. The maximum Gasteiger partial charge on any atom is 0.142 e. The molecule has 18 heavy (non-hydrogen) atoms. The van der Waals surface area contributed by atoms with Gasteiger partial charge in [-0.1, -0.05) is 24.3 Å². The number of para-hydroxylation sites is 2. The summed E-state index contributed by atoms with van der Waals surface area (Å²) in [4.78, 5) is 0. The Bertz CT molecular complexity index is 554. The molecule has 0 saturated heterocycles. The highest BCUT2D eigenvalue weighted by Gasteiger charge is 2.19. The highest BCUT2D eigenvalue weighted by atomic mass is 16.5. The van der Waals surface area contributed by atoms with Gasteiger partial charge in [-0.15, -0.1) is 0 Å². The molecule has 2 aromatic carbocycles. The zero-order chi connectivity index (χ0) is 12.4. The van der Waals surface area contributed by atoms with E-state index in [1.807, 2.05) is 42.5 Å². The van der Waals surface area contributed by atoms with Crippen LogP contribution in [0.4, 0.5) is 5.69 Å². The van der Waals surface area contributed by atoms with Gasteiger partial charge in [0.15, 0.2) is 0 Å². The van der Waals surface area contributed by atoms with Crippen molar-refractivity contribution in [1.82, 2.24) is 0 Å². The van der Waals surface area contributed by atoms with Crippen LogP contribution >= 0.6 is 0 Å². The first-order valence-corrected chi connectivity index (χ1v) is 5.99. The molecule has 1 N–H and O–H groups in total. The lowest BCUT2D eigenvalue weighted by Crippen LogP contribution is -2.23. The molecule has 0 radical (unpaired) electrons. The van der Waals surface area contributed by atoms with Crippen molar-refractivity contribution in [3.63, 3.8) is 0 Å². The summed E-state index contributed by atoms with van der Waals surface area (Å²) in [5.74, 6) is 1.78. The minimum absolute atomic E-state index is 0.162. The van der Waals surface area contributed by atoms with Gasteiger partial charge in [0.25, 0.3) is 0 Å². The van der Waals surface area contributed by atoms with Gasteiger partial charge in [0, 0.05) is 0 Å². The maximum atomic E-state index is 5.76. The first-order chi connectivity index (χ1) is 8.86. The smallest absolute Gasteiger partial charge is 0.142 e. The first-order valence-electron chi connectivity index (χ1n) is 5.99. The summed E-state index contributed by atoms with van der Waals surface area (Å²) in [5, 5.41) is 3.48. The van der Waals surface area contributed by atoms with Gasteiger partial charge in [-0.25, -0.2) is 0 Å². The summed E-state index contributed by atoms with van der Waals surface area (Å²) in [6.07, 6.45) is 0. The van der Waals surface area contributed by atoms with Gasteiger partial charge in [-0.05, 0) is 29.8 Å². The molecular weight excluding hydrogens is 226 g/mol. The largest absolute Gasteiger partial charge is 0.497 e. The number of nitrogens with one attached hydrogen (secondary N) is 1. The number of methoxy groups -OCH3 is 1. The van der Waals surface area contributed by atoms with E-state index in [4.69, 9.17) is 9.47 Å². The predicted octanol–water partition coefficient (Wildman–Crippen LogP) is 3.24. The monoisotopic (exact) mass is 241 g/mol. The highest BCUT2D eigenvalue weighted by molar-refractivity contribution is 5.59. The fraction of sp³-hybridized carbons (Fsp3) is 0.200. The van der Waals surface area contributed by atoms with E-state index in [0.717, 1.165) is 17.2 Å². The minimum Gasteiger partial charge on any atom is -0.497 e. The van der Waals surface area contributed by atoms with Crippen LogP contribution in [0, 0.1) is 0 Å². The summed E-state index contributed by atoms with van der Waals surface area (Å²) in [6.45, 7) is 0.629. The van der Waals surface area contributed by atoms with Gasteiger partial charge < -0.3 is 14.8 Å². The van der Waals surface area contributed by atoms with Crippen molar-refractivity contribution in [3.05, 3.63) is 54.1 Å². The van der Waals surface area contributed by atoms with Gasteiger partial charge in [-0.3, -0.25) is 0 Å². The molecule has 3 rings (SSSR count). The molecule has 0 unspecified atom stereocenters. The molecule has 0 aromatic heterocycles. The van der Waals surface area contributed by atoms with Crippen LogP contribution in [0.2, 0.25) is 0 Å². The second kappa shape index (κ2) is 4.61. The quantitative estimate of drug-likeness (QED) is 0.875. The van der Waals surface area contributed by atoms with E-state index in [2.05, 4.69) is 11.4 Å². The zero-order valence-electron chi connectivity index (χ0n) is 10.2. The summed E-state index contributed by atoms with van der Waals surface area (Å²) >= 11 is 0. The van der Waals surface area contributed by atoms with Crippen molar-refractivity contribution in [3.8, 4) is 11.5 Å². The van der Waals surface area contributed by atoms with Crippen LogP contribution in [0.1, 0.15) is 11.6 Å². The lowest BCUT2D eigenvalue weighted by Gasteiger charge is -2.27. The third-order valence-electron chi connectivity index (χ3n) is 3.12. The van der Waals surface area contributed by atoms with E-state index >= 15 is 0 Å². The lowest BCUT2D eigenvalue weighted by atomic mass is 10.1.